The molecule has 2 aliphatic rings. The van der Waals surface area contributed by atoms with Gasteiger partial charge in [0.1, 0.15) is 0 Å². The smallest absolute Gasteiger partial charge is 0.342 e. The predicted octanol–water partition coefficient (Wildman–Crippen LogP) is 3.73. The van der Waals surface area contributed by atoms with E-state index in [-0.39, 0.29) is 11.7 Å². The number of fused-ring (bicyclic) bond motifs is 2. The highest BCUT2D eigenvalue weighted by molar-refractivity contribution is 5.76. The molecule has 2 aromatic heterocycles. The second-order valence-electron chi connectivity index (χ2n) is 8.34. The molecule has 158 valence electrons. The van der Waals surface area contributed by atoms with Crippen LogP contribution >= 0.6 is 0 Å². The van der Waals surface area contributed by atoms with Crippen LogP contribution in [0, 0.1) is 25.7 Å². The number of piperidine rings is 1. The molecule has 2 fully saturated rings. The molecule has 0 aromatic carbocycles. The summed E-state index contributed by atoms with van der Waals surface area (Å²) in [5.41, 5.74) is 1.90. The van der Waals surface area contributed by atoms with Crippen LogP contribution in [-0.4, -0.2) is 43.5 Å². The van der Waals surface area contributed by atoms with Gasteiger partial charge < -0.3 is 4.90 Å². The Bertz CT molecular complexity index is 923. The maximum Gasteiger partial charge on any atom is 0.453 e. The monoisotopic (exact) mass is 409 g/mol. The summed E-state index contributed by atoms with van der Waals surface area (Å²) in [4.78, 5) is 22.4. The number of rotatable bonds is 3. The topological polar surface area (TPSA) is 63.4 Å². The Morgan fingerprint density at radius 2 is 1.83 bits per heavy atom. The Kier molecular flexibility index (Phi) is 5.25. The van der Waals surface area contributed by atoms with Crippen molar-refractivity contribution in [2.24, 2.45) is 11.8 Å². The van der Waals surface area contributed by atoms with E-state index in [4.69, 9.17) is 0 Å². The average molecular weight is 409 g/mol. The Balaban J connectivity index is 1.47. The van der Waals surface area contributed by atoms with Crippen LogP contribution in [0.4, 0.5) is 13.2 Å². The fraction of sp³-hybridized carbons (Fsp3) is 0.700. The third kappa shape index (κ3) is 3.96. The number of carbonyl (C=O) groups excluding carboxylic acids is 1. The van der Waals surface area contributed by atoms with Crippen LogP contribution in [0.3, 0.4) is 0 Å². The van der Waals surface area contributed by atoms with Crippen molar-refractivity contribution in [1.82, 2.24) is 24.5 Å². The fourth-order valence-electron chi connectivity index (χ4n) is 4.91. The Labute approximate surface area is 167 Å². The van der Waals surface area contributed by atoms with E-state index in [9.17, 15) is 18.0 Å². The van der Waals surface area contributed by atoms with Crippen LogP contribution in [0.1, 0.15) is 61.3 Å². The fourth-order valence-corrected chi connectivity index (χ4v) is 4.91. The summed E-state index contributed by atoms with van der Waals surface area (Å²) >= 11 is 0. The summed E-state index contributed by atoms with van der Waals surface area (Å²) in [5, 5.41) is 3.57. The SMILES string of the molecule is Cc1nc2nc(C(F)(F)F)nn2c(C)c1CCC(=O)N1CC[C@H]2CCCC[C@H]2C1. The number of aryl methyl sites for hydroxylation is 2. The molecule has 1 aliphatic heterocycles. The van der Waals surface area contributed by atoms with E-state index in [1.54, 1.807) is 13.8 Å². The minimum absolute atomic E-state index is 0.0678. The molecule has 0 N–H and O–H groups in total. The van der Waals surface area contributed by atoms with Gasteiger partial charge in [-0.1, -0.05) is 19.3 Å². The first-order valence-electron chi connectivity index (χ1n) is 10.3. The summed E-state index contributed by atoms with van der Waals surface area (Å²) in [6.07, 6.45) is 2.29. The number of nitrogens with zero attached hydrogens (tertiary/aromatic N) is 5. The number of hydrogen-bond donors (Lipinski definition) is 0. The van der Waals surface area contributed by atoms with Crippen molar-refractivity contribution >= 4 is 11.7 Å². The van der Waals surface area contributed by atoms with E-state index < -0.39 is 12.0 Å². The highest BCUT2D eigenvalue weighted by Crippen LogP contribution is 2.36. The second kappa shape index (κ2) is 7.57. The van der Waals surface area contributed by atoms with Crippen LogP contribution in [-0.2, 0) is 17.4 Å². The number of hydrogen-bond acceptors (Lipinski definition) is 4. The van der Waals surface area contributed by atoms with E-state index in [0.717, 1.165) is 35.5 Å². The van der Waals surface area contributed by atoms with Crippen molar-refractivity contribution in [3.8, 4) is 0 Å². The number of alkyl halides is 3. The molecular weight excluding hydrogens is 383 g/mol. The molecule has 1 saturated heterocycles. The molecule has 29 heavy (non-hydrogen) atoms. The van der Waals surface area contributed by atoms with Gasteiger partial charge in [-0.2, -0.15) is 18.2 Å². The van der Waals surface area contributed by atoms with E-state index >= 15 is 0 Å². The standard InChI is InChI=1S/C20H26F3N5O/c1-12-16(13(2)28-19(24-12)25-18(26-28)20(21,22)23)7-8-17(29)27-10-9-14-5-3-4-6-15(14)11-27/h14-15H,3-11H2,1-2H3/t14-,15+/m1/s1. The number of likely N-dealkylation sites (tertiary alicyclic amines) is 1. The predicted molar refractivity (Wildman–Crippen MR) is 100 cm³/mol. The Hall–Kier alpha value is -2.19. The molecule has 2 aromatic rings. The van der Waals surface area contributed by atoms with Gasteiger partial charge in [0.25, 0.3) is 11.6 Å². The third-order valence-electron chi connectivity index (χ3n) is 6.54. The van der Waals surface area contributed by atoms with E-state index in [2.05, 4.69) is 15.1 Å². The molecule has 0 radical (unpaired) electrons. The van der Waals surface area contributed by atoms with E-state index in [0.29, 0.717) is 30.1 Å². The van der Waals surface area contributed by atoms with Gasteiger partial charge in [-0.25, -0.2) is 9.50 Å². The second-order valence-corrected chi connectivity index (χ2v) is 8.34. The number of halogens is 3. The zero-order valence-electron chi connectivity index (χ0n) is 16.8. The normalized spacial score (nSPS) is 22.7. The first kappa shape index (κ1) is 20.1. The van der Waals surface area contributed by atoms with Gasteiger partial charge in [-0.15, -0.1) is 5.10 Å². The molecule has 0 spiro atoms. The minimum Gasteiger partial charge on any atom is -0.342 e. The molecule has 3 heterocycles. The van der Waals surface area contributed by atoms with Gasteiger partial charge in [-0.3, -0.25) is 4.79 Å². The first-order valence-corrected chi connectivity index (χ1v) is 10.3. The van der Waals surface area contributed by atoms with Gasteiger partial charge in [0.05, 0.1) is 0 Å². The van der Waals surface area contributed by atoms with Crippen molar-refractivity contribution in [2.45, 2.75) is 65.0 Å². The van der Waals surface area contributed by atoms with E-state index in [1.165, 1.54) is 25.7 Å². The Morgan fingerprint density at radius 3 is 2.55 bits per heavy atom. The molecular formula is C20H26F3N5O. The maximum atomic E-state index is 12.9. The zero-order chi connectivity index (χ0) is 20.8. The maximum absolute atomic E-state index is 12.9. The molecule has 1 amide bonds. The lowest BCUT2D eigenvalue weighted by molar-refractivity contribution is -0.144. The molecule has 2 atom stereocenters. The first-order chi connectivity index (χ1) is 13.7. The molecule has 9 heteroatoms. The number of amides is 1. The highest BCUT2D eigenvalue weighted by atomic mass is 19.4. The van der Waals surface area contributed by atoms with Crippen molar-refractivity contribution in [2.75, 3.05) is 13.1 Å². The summed E-state index contributed by atoms with van der Waals surface area (Å²) in [7, 11) is 0. The van der Waals surface area contributed by atoms with Crippen molar-refractivity contribution in [3.05, 3.63) is 22.8 Å². The highest BCUT2D eigenvalue weighted by Gasteiger charge is 2.37. The molecule has 0 unspecified atom stereocenters. The van der Waals surface area contributed by atoms with Crippen LogP contribution in [0.25, 0.3) is 5.78 Å². The van der Waals surface area contributed by atoms with Crippen molar-refractivity contribution in [3.63, 3.8) is 0 Å². The van der Waals surface area contributed by atoms with Gasteiger partial charge in [0, 0.05) is 30.9 Å². The van der Waals surface area contributed by atoms with Gasteiger partial charge in [-0.05, 0) is 50.5 Å². The largest absolute Gasteiger partial charge is 0.453 e. The van der Waals surface area contributed by atoms with Gasteiger partial charge >= 0.3 is 6.18 Å². The zero-order valence-corrected chi connectivity index (χ0v) is 16.8. The summed E-state index contributed by atoms with van der Waals surface area (Å²) < 4.78 is 39.9. The summed E-state index contributed by atoms with van der Waals surface area (Å²) in [6, 6.07) is 0. The van der Waals surface area contributed by atoms with Gasteiger partial charge in [0.2, 0.25) is 5.91 Å². The lowest BCUT2D eigenvalue weighted by atomic mass is 9.75. The minimum atomic E-state index is -4.62. The lowest BCUT2D eigenvalue weighted by Crippen LogP contribution is -2.44. The molecule has 1 aliphatic carbocycles. The Morgan fingerprint density at radius 1 is 1.10 bits per heavy atom. The molecule has 6 nitrogen and oxygen atoms in total. The van der Waals surface area contributed by atoms with E-state index in [1.807, 2.05) is 4.90 Å². The van der Waals surface area contributed by atoms with Crippen LogP contribution in [0.2, 0.25) is 0 Å². The number of aromatic nitrogens is 4. The van der Waals surface area contributed by atoms with Crippen LogP contribution in [0.5, 0.6) is 0 Å². The number of carbonyl (C=O) groups is 1. The van der Waals surface area contributed by atoms with Crippen LogP contribution < -0.4 is 0 Å². The van der Waals surface area contributed by atoms with Crippen molar-refractivity contribution in [1.29, 1.82) is 0 Å². The molecule has 1 saturated carbocycles. The summed E-state index contributed by atoms with van der Waals surface area (Å²) in [6.45, 7) is 5.09. The van der Waals surface area contributed by atoms with Crippen molar-refractivity contribution < 1.29 is 18.0 Å². The quantitative estimate of drug-likeness (QED) is 0.775. The molecule has 4 rings (SSSR count). The third-order valence-corrected chi connectivity index (χ3v) is 6.54. The van der Waals surface area contributed by atoms with Gasteiger partial charge in [0.15, 0.2) is 0 Å². The van der Waals surface area contributed by atoms with Crippen LogP contribution in [0.15, 0.2) is 0 Å². The molecule has 0 bridgehead atoms. The summed E-state index contributed by atoms with van der Waals surface area (Å²) in [5.74, 6) is 0.235. The average Bonchev–Trinajstić information content (AvgIpc) is 3.12. The lowest BCUT2D eigenvalue weighted by Gasteiger charge is -2.41.